The Labute approximate surface area is 83.4 Å². The van der Waals surface area contributed by atoms with Crippen LogP contribution in [0.5, 0.6) is 0 Å². The molecule has 1 saturated heterocycles. The summed E-state index contributed by atoms with van der Waals surface area (Å²) in [6, 6.07) is 3.95. The molecule has 0 atom stereocenters. The smallest absolute Gasteiger partial charge is 0.128 e. The molecule has 74 valence electrons. The number of aliphatic hydroxyl groups is 1. The number of nitrogens with zero attached hydrogens (tertiary/aromatic N) is 2. The first kappa shape index (κ1) is 8.24. The average molecular weight is 190 g/mol. The number of hydrogen-bond donors (Lipinski definition) is 1. The third-order valence-corrected chi connectivity index (χ3v) is 3.33. The maximum Gasteiger partial charge on any atom is 0.128 e. The fraction of sp³-hybridized carbons (Fsp3) is 0.545. The molecular formula is C11H14N2O. The minimum Gasteiger partial charge on any atom is -0.392 e. The van der Waals surface area contributed by atoms with E-state index in [1.54, 1.807) is 6.20 Å². The zero-order valence-corrected chi connectivity index (χ0v) is 8.11. The summed E-state index contributed by atoms with van der Waals surface area (Å²) >= 11 is 0. The minimum atomic E-state index is 0.0806. The highest BCUT2D eigenvalue weighted by molar-refractivity contribution is 5.45. The summed E-state index contributed by atoms with van der Waals surface area (Å²) in [5.74, 6) is 1.06. The van der Waals surface area contributed by atoms with E-state index in [1.807, 2.05) is 12.1 Å². The van der Waals surface area contributed by atoms with Crippen LogP contribution in [-0.4, -0.2) is 23.2 Å². The van der Waals surface area contributed by atoms with E-state index in [-0.39, 0.29) is 6.61 Å². The van der Waals surface area contributed by atoms with Gasteiger partial charge < -0.3 is 10.0 Å². The van der Waals surface area contributed by atoms with Gasteiger partial charge >= 0.3 is 0 Å². The van der Waals surface area contributed by atoms with E-state index in [4.69, 9.17) is 5.11 Å². The first-order valence-electron chi connectivity index (χ1n) is 5.12. The Morgan fingerprint density at radius 1 is 1.36 bits per heavy atom. The topological polar surface area (TPSA) is 36.4 Å². The van der Waals surface area contributed by atoms with Gasteiger partial charge in [0.1, 0.15) is 5.82 Å². The summed E-state index contributed by atoms with van der Waals surface area (Å²) in [6.07, 6.45) is 4.56. The van der Waals surface area contributed by atoms with E-state index in [2.05, 4.69) is 9.88 Å². The first-order valence-corrected chi connectivity index (χ1v) is 5.12. The van der Waals surface area contributed by atoms with Gasteiger partial charge in [-0.1, -0.05) is 6.07 Å². The van der Waals surface area contributed by atoms with Gasteiger partial charge in [-0.15, -0.1) is 0 Å². The van der Waals surface area contributed by atoms with Crippen molar-refractivity contribution in [2.75, 3.05) is 18.0 Å². The van der Waals surface area contributed by atoms with Crippen molar-refractivity contribution in [1.82, 2.24) is 4.98 Å². The lowest BCUT2D eigenvalue weighted by Gasteiger charge is -2.40. The summed E-state index contributed by atoms with van der Waals surface area (Å²) in [5, 5.41) is 8.88. The van der Waals surface area contributed by atoms with Crippen molar-refractivity contribution in [3.63, 3.8) is 0 Å². The molecule has 1 aromatic rings. The molecule has 3 rings (SSSR count). The molecule has 1 aromatic heterocycles. The number of hydrogen-bond acceptors (Lipinski definition) is 3. The largest absolute Gasteiger partial charge is 0.392 e. The van der Waals surface area contributed by atoms with E-state index in [1.165, 1.54) is 25.9 Å². The van der Waals surface area contributed by atoms with Crippen LogP contribution >= 0.6 is 0 Å². The van der Waals surface area contributed by atoms with Crippen LogP contribution in [0.4, 0.5) is 5.82 Å². The zero-order chi connectivity index (χ0) is 9.60. The highest BCUT2D eigenvalue weighted by Gasteiger charge is 2.52. The monoisotopic (exact) mass is 190 g/mol. The van der Waals surface area contributed by atoms with Crippen LogP contribution in [0.15, 0.2) is 18.3 Å². The van der Waals surface area contributed by atoms with Crippen molar-refractivity contribution in [1.29, 1.82) is 0 Å². The number of aliphatic hydroxyl groups excluding tert-OH is 1. The van der Waals surface area contributed by atoms with Crippen LogP contribution in [0.1, 0.15) is 18.4 Å². The lowest BCUT2D eigenvalue weighted by atomic mass is 9.97. The summed E-state index contributed by atoms with van der Waals surface area (Å²) in [5.41, 5.74) is 1.56. The Morgan fingerprint density at radius 2 is 2.14 bits per heavy atom. The highest BCUT2D eigenvalue weighted by Crippen LogP contribution is 2.53. The summed E-state index contributed by atoms with van der Waals surface area (Å²) in [4.78, 5) is 6.64. The Kier molecular flexibility index (Phi) is 1.59. The maximum absolute atomic E-state index is 8.88. The minimum absolute atomic E-state index is 0.0806. The van der Waals surface area contributed by atoms with Crippen LogP contribution in [0.25, 0.3) is 0 Å². The molecule has 0 bridgehead atoms. The number of aromatic nitrogens is 1. The summed E-state index contributed by atoms with van der Waals surface area (Å²) in [6.45, 7) is 2.44. The van der Waals surface area contributed by atoms with Crippen molar-refractivity contribution < 1.29 is 5.11 Å². The first-order chi connectivity index (χ1) is 6.81. The van der Waals surface area contributed by atoms with Crippen molar-refractivity contribution >= 4 is 5.82 Å². The highest BCUT2D eigenvalue weighted by atomic mass is 16.3. The molecule has 1 spiro atoms. The second-order valence-corrected chi connectivity index (χ2v) is 4.54. The lowest BCUT2D eigenvalue weighted by Crippen LogP contribution is -2.48. The molecule has 3 heteroatoms. The van der Waals surface area contributed by atoms with Gasteiger partial charge in [-0.25, -0.2) is 4.98 Å². The predicted octanol–water partition coefficient (Wildman–Crippen LogP) is 1.17. The lowest BCUT2D eigenvalue weighted by molar-refractivity contribution is 0.281. The van der Waals surface area contributed by atoms with E-state index in [0.717, 1.165) is 11.4 Å². The average Bonchev–Trinajstić information content (AvgIpc) is 2.96. The number of pyridine rings is 1. The Bertz CT molecular complexity index is 335. The molecule has 2 heterocycles. The van der Waals surface area contributed by atoms with Gasteiger partial charge in [0.05, 0.1) is 6.61 Å². The van der Waals surface area contributed by atoms with E-state index in [0.29, 0.717) is 5.41 Å². The summed E-state index contributed by atoms with van der Waals surface area (Å²) < 4.78 is 0. The molecule has 0 amide bonds. The molecule has 1 N–H and O–H groups in total. The van der Waals surface area contributed by atoms with Crippen molar-refractivity contribution in [2.45, 2.75) is 19.4 Å². The molecule has 14 heavy (non-hydrogen) atoms. The van der Waals surface area contributed by atoms with Crippen LogP contribution in [0, 0.1) is 5.41 Å². The van der Waals surface area contributed by atoms with Gasteiger partial charge in [0, 0.05) is 24.7 Å². The third kappa shape index (κ3) is 1.20. The molecule has 1 aliphatic carbocycles. The number of rotatable bonds is 2. The fourth-order valence-corrected chi connectivity index (χ4v) is 2.12. The Hall–Kier alpha value is -1.09. The second-order valence-electron chi connectivity index (χ2n) is 4.54. The van der Waals surface area contributed by atoms with Gasteiger partial charge in [-0.05, 0) is 24.5 Å². The van der Waals surface area contributed by atoms with E-state index in [9.17, 15) is 0 Å². The van der Waals surface area contributed by atoms with Gasteiger partial charge in [-0.2, -0.15) is 0 Å². The normalized spacial score (nSPS) is 22.2. The second kappa shape index (κ2) is 2.70. The van der Waals surface area contributed by atoms with Gasteiger partial charge in [0.25, 0.3) is 0 Å². The standard InChI is InChI=1S/C11H14N2O/c14-6-9-1-2-10(12-5-9)13-7-11(8-13)3-4-11/h1-2,5,14H,3-4,6-8H2. The SMILES string of the molecule is OCc1ccc(N2CC3(CC3)C2)nc1. The predicted molar refractivity (Wildman–Crippen MR) is 54.0 cm³/mol. The number of anilines is 1. The molecule has 0 radical (unpaired) electrons. The molecule has 0 aromatic carbocycles. The summed E-state index contributed by atoms with van der Waals surface area (Å²) in [7, 11) is 0. The molecule has 0 unspecified atom stereocenters. The molecular weight excluding hydrogens is 176 g/mol. The molecule has 1 aliphatic heterocycles. The Balaban J connectivity index is 1.71. The van der Waals surface area contributed by atoms with Crippen LogP contribution in [0.2, 0.25) is 0 Å². The Morgan fingerprint density at radius 3 is 2.64 bits per heavy atom. The van der Waals surface area contributed by atoms with Gasteiger partial charge in [-0.3, -0.25) is 0 Å². The molecule has 3 nitrogen and oxygen atoms in total. The maximum atomic E-state index is 8.88. The van der Waals surface area contributed by atoms with E-state index >= 15 is 0 Å². The van der Waals surface area contributed by atoms with Gasteiger partial charge in [0.2, 0.25) is 0 Å². The van der Waals surface area contributed by atoms with Crippen molar-refractivity contribution in [2.24, 2.45) is 5.41 Å². The van der Waals surface area contributed by atoms with Crippen molar-refractivity contribution in [3.05, 3.63) is 23.9 Å². The van der Waals surface area contributed by atoms with Crippen molar-refractivity contribution in [3.8, 4) is 0 Å². The zero-order valence-electron chi connectivity index (χ0n) is 8.11. The van der Waals surface area contributed by atoms with Crippen LogP contribution in [-0.2, 0) is 6.61 Å². The molecule has 1 saturated carbocycles. The molecule has 2 aliphatic rings. The van der Waals surface area contributed by atoms with E-state index < -0.39 is 0 Å². The quantitative estimate of drug-likeness (QED) is 0.760. The van der Waals surface area contributed by atoms with Crippen LogP contribution < -0.4 is 4.90 Å². The third-order valence-electron chi connectivity index (χ3n) is 3.33. The fourth-order valence-electron chi connectivity index (χ4n) is 2.12. The molecule has 2 fully saturated rings. The van der Waals surface area contributed by atoms with Gasteiger partial charge in [0.15, 0.2) is 0 Å². The van der Waals surface area contributed by atoms with Crippen LogP contribution in [0.3, 0.4) is 0 Å².